The number of nitrogens with zero attached hydrogens (tertiary/aromatic N) is 1. The Morgan fingerprint density at radius 1 is 1.39 bits per heavy atom. The molecule has 0 bridgehead atoms. The molecule has 0 aliphatic heterocycles. The van der Waals surface area contributed by atoms with E-state index >= 15 is 0 Å². The second-order valence-electron chi connectivity index (χ2n) is 3.83. The van der Waals surface area contributed by atoms with Gasteiger partial charge in [-0.05, 0) is 5.56 Å². The summed E-state index contributed by atoms with van der Waals surface area (Å²) < 4.78 is 0. The highest BCUT2D eigenvalue weighted by Crippen LogP contribution is 2.08. The molecule has 1 amide bonds. The van der Waals surface area contributed by atoms with E-state index < -0.39 is 0 Å². The number of rotatable bonds is 8. The van der Waals surface area contributed by atoms with Crippen LogP contribution in [0.15, 0.2) is 43.0 Å². The summed E-state index contributed by atoms with van der Waals surface area (Å²) in [4.78, 5) is 13.7. The van der Waals surface area contributed by atoms with Crippen molar-refractivity contribution < 1.29 is 9.90 Å². The zero-order valence-corrected chi connectivity index (χ0v) is 11.2. The SMILES string of the molecule is C=CCSCC(=O)N(CCO)Cc1ccccc1. The van der Waals surface area contributed by atoms with Crippen molar-refractivity contribution in [3.63, 3.8) is 0 Å². The number of aliphatic hydroxyl groups is 1. The van der Waals surface area contributed by atoms with Crippen molar-refractivity contribution in [1.82, 2.24) is 4.90 Å². The topological polar surface area (TPSA) is 40.5 Å². The molecule has 0 saturated heterocycles. The fourth-order valence-corrected chi connectivity index (χ4v) is 2.18. The minimum Gasteiger partial charge on any atom is -0.395 e. The number of thioether (sulfide) groups is 1. The molecule has 0 aliphatic carbocycles. The zero-order chi connectivity index (χ0) is 13.2. The third-order valence-corrected chi connectivity index (χ3v) is 3.32. The van der Waals surface area contributed by atoms with E-state index in [0.29, 0.717) is 18.8 Å². The van der Waals surface area contributed by atoms with Crippen LogP contribution in [-0.4, -0.2) is 40.6 Å². The number of carbonyl (C=O) groups is 1. The van der Waals surface area contributed by atoms with Crippen LogP contribution in [0.4, 0.5) is 0 Å². The Morgan fingerprint density at radius 2 is 2.11 bits per heavy atom. The first-order chi connectivity index (χ1) is 8.77. The van der Waals surface area contributed by atoms with Crippen LogP contribution in [0.5, 0.6) is 0 Å². The van der Waals surface area contributed by atoms with E-state index in [-0.39, 0.29) is 12.5 Å². The zero-order valence-electron chi connectivity index (χ0n) is 10.4. The van der Waals surface area contributed by atoms with Gasteiger partial charge in [-0.3, -0.25) is 4.79 Å². The molecule has 3 nitrogen and oxygen atoms in total. The first-order valence-electron chi connectivity index (χ1n) is 5.89. The van der Waals surface area contributed by atoms with Crippen LogP contribution >= 0.6 is 11.8 Å². The normalized spacial score (nSPS) is 10.1. The van der Waals surface area contributed by atoms with E-state index in [2.05, 4.69) is 6.58 Å². The highest BCUT2D eigenvalue weighted by Gasteiger charge is 2.12. The van der Waals surface area contributed by atoms with Gasteiger partial charge in [-0.25, -0.2) is 0 Å². The monoisotopic (exact) mass is 265 g/mol. The van der Waals surface area contributed by atoms with Gasteiger partial charge in [0.1, 0.15) is 0 Å². The Labute approximate surface area is 113 Å². The lowest BCUT2D eigenvalue weighted by molar-refractivity contribution is -0.129. The highest BCUT2D eigenvalue weighted by atomic mass is 32.2. The standard InChI is InChI=1S/C14H19NO2S/c1-2-10-18-12-14(17)15(8-9-16)11-13-6-4-3-5-7-13/h2-7,16H,1,8-12H2. The number of carbonyl (C=O) groups excluding carboxylic acids is 1. The van der Waals surface area contributed by atoms with Crippen molar-refractivity contribution in [3.05, 3.63) is 48.6 Å². The lowest BCUT2D eigenvalue weighted by atomic mass is 10.2. The molecule has 0 atom stereocenters. The molecule has 18 heavy (non-hydrogen) atoms. The summed E-state index contributed by atoms with van der Waals surface area (Å²) in [5.74, 6) is 1.25. The molecule has 1 rings (SSSR count). The van der Waals surface area contributed by atoms with Gasteiger partial charge in [0.25, 0.3) is 0 Å². The third kappa shape index (κ3) is 5.38. The summed E-state index contributed by atoms with van der Waals surface area (Å²) in [5, 5.41) is 9.02. The smallest absolute Gasteiger partial charge is 0.232 e. The molecule has 4 heteroatoms. The maximum Gasteiger partial charge on any atom is 0.232 e. The molecule has 0 heterocycles. The van der Waals surface area contributed by atoms with Crippen molar-refractivity contribution in [2.75, 3.05) is 24.7 Å². The molecule has 0 fully saturated rings. The van der Waals surface area contributed by atoms with Crippen molar-refractivity contribution in [2.45, 2.75) is 6.54 Å². The summed E-state index contributed by atoms with van der Waals surface area (Å²) in [6.07, 6.45) is 1.78. The Kier molecular flexibility index (Phi) is 7.22. The summed E-state index contributed by atoms with van der Waals surface area (Å²) in [6.45, 7) is 4.54. The minimum atomic E-state index is -0.00923. The van der Waals surface area contributed by atoms with E-state index in [1.807, 2.05) is 30.3 Å². The highest BCUT2D eigenvalue weighted by molar-refractivity contribution is 8.00. The van der Waals surface area contributed by atoms with E-state index in [4.69, 9.17) is 5.11 Å². The van der Waals surface area contributed by atoms with Crippen LogP contribution < -0.4 is 0 Å². The van der Waals surface area contributed by atoms with Crippen LogP contribution in [0.2, 0.25) is 0 Å². The Hall–Kier alpha value is -1.26. The van der Waals surface area contributed by atoms with E-state index in [1.165, 1.54) is 11.8 Å². The second kappa shape index (κ2) is 8.78. The summed E-state index contributed by atoms with van der Waals surface area (Å²) in [5.41, 5.74) is 1.08. The first kappa shape index (κ1) is 14.8. The maximum absolute atomic E-state index is 12.0. The molecule has 1 N–H and O–H groups in total. The predicted molar refractivity (Wildman–Crippen MR) is 76.5 cm³/mol. The van der Waals surface area contributed by atoms with Crippen LogP contribution in [0.1, 0.15) is 5.56 Å². The van der Waals surface area contributed by atoms with Crippen LogP contribution in [0.3, 0.4) is 0 Å². The molecule has 0 spiro atoms. The van der Waals surface area contributed by atoms with Crippen LogP contribution in [0.25, 0.3) is 0 Å². The lowest BCUT2D eigenvalue weighted by Gasteiger charge is -2.21. The Balaban J connectivity index is 2.53. The molecule has 1 aromatic rings. The lowest BCUT2D eigenvalue weighted by Crippen LogP contribution is -2.34. The fourth-order valence-electron chi connectivity index (χ4n) is 1.54. The molecule has 1 aromatic carbocycles. The van der Waals surface area contributed by atoms with E-state index in [9.17, 15) is 4.79 Å². The Morgan fingerprint density at radius 3 is 2.72 bits per heavy atom. The average Bonchev–Trinajstić information content (AvgIpc) is 2.39. The van der Waals surface area contributed by atoms with Crippen molar-refractivity contribution in [3.8, 4) is 0 Å². The molecule has 0 aromatic heterocycles. The molecular weight excluding hydrogens is 246 g/mol. The number of amides is 1. The second-order valence-corrected chi connectivity index (χ2v) is 4.86. The van der Waals surface area contributed by atoms with Gasteiger partial charge >= 0.3 is 0 Å². The van der Waals surface area contributed by atoms with Gasteiger partial charge < -0.3 is 10.0 Å². The molecule has 0 aliphatic rings. The van der Waals surface area contributed by atoms with Crippen molar-refractivity contribution in [2.24, 2.45) is 0 Å². The summed E-state index contributed by atoms with van der Waals surface area (Å²) in [6, 6.07) is 9.80. The van der Waals surface area contributed by atoms with Gasteiger partial charge in [0.05, 0.1) is 12.4 Å². The Bertz CT molecular complexity index is 367. The maximum atomic E-state index is 12.0. The molecule has 0 unspecified atom stereocenters. The van der Waals surface area contributed by atoms with Gasteiger partial charge in [-0.1, -0.05) is 36.4 Å². The average molecular weight is 265 g/mol. The van der Waals surface area contributed by atoms with E-state index in [1.54, 1.807) is 11.0 Å². The molecule has 0 saturated carbocycles. The fraction of sp³-hybridized carbons (Fsp3) is 0.357. The number of aliphatic hydroxyl groups excluding tert-OH is 1. The predicted octanol–water partition coefficient (Wildman–Crippen LogP) is 1.93. The summed E-state index contributed by atoms with van der Waals surface area (Å²) in [7, 11) is 0. The molecular formula is C14H19NO2S. The van der Waals surface area contributed by atoms with Gasteiger partial charge in [-0.15, -0.1) is 18.3 Å². The van der Waals surface area contributed by atoms with Crippen LogP contribution in [-0.2, 0) is 11.3 Å². The van der Waals surface area contributed by atoms with Crippen molar-refractivity contribution >= 4 is 17.7 Å². The van der Waals surface area contributed by atoms with Gasteiger partial charge in [-0.2, -0.15) is 0 Å². The minimum absolute atomic E-state index is 0.00923. The largest absolute Gasteiger partial charge is 0.395 e. The molecule has 0 radical (unpaired) electrons. The third-order valence-electron chi connectivity index (χ3n) is 2.40. The van der Waals surface area contributed by atoms with Gasteiger partial charge in [0.2, 0.25) is 5.91 Å². The van der Waals surface area contributed by atoms with E-state index in [0.717, 1.165) is 11.3 Å². The number of benzene rings is 1. The van der Waals surface area contributed by atoms with Crippen LogP contribution in [0, 0.1) is 0 Å². The number of hydrogen-bond acceptors (Lipinski definition) is 3. The van der Waals surface area contributed by atoms with Gasteiger partial charge in [0, 0.05) is 18.8 Å². The van der Waals surface area contributed by atoms with Crippen molar-refractivity contribution in [1.29, 1.82) is 0 Å². The first-order valence-corrected chi connectivity index (χ1v) is 7.04. The quantitative estimate of drug-likeness (QED) is 0.577. The number of hydrogen-bond donors (Lipinski definition) is 1. The van der Waals surface area contributed by atoms with Gasteiger partial charge in [0.15, 0.2) is 0 Å². The molecule has 98 valence electrons. The summed E-state index contributed by atoms with van der Waals surface area (Å²) >= 11 is 1.54.